The molecule has 2 aliphatic heterocycles. The quantitative estimate of drug-likeness (QED) is 0.515. The van der Waals surface area contributed by atoms with Crippen LogP contribution in [0, 0.1) is 0 Å². The van der Waals surface area contributed by atoms with E-state index in [1.54, 1.807) is 0 Å². The molecule has 0 bridgehead atoms. The molecule has 2 heterocycles. The third-order valence-corrected chi connectivity index (χ3v) is 2.55. The molecule has 0 aromatic carbocycles. The van der Waals surface area contributed by atoms with Crippen LogP contribution in [0.4, 0.5) is 0 Å². The van der Waals surface area contributed by atoms with Crippen LogP contribution < -0.4 is 0 Å². The average Bonchev–Trinajstić information content (AvgIpc) is 2.17. The Balaban J connectivity index is 2.08. The van der Waals surface area contributed by atoms with E-state index in [1.807, 2.05) is 0 Å². The zero-order valence-electron chi connectivity index (χ0n) is 7.21. The second-order valence-electron chi connectivity index (χ2n) is 3.65. The lowest BCUT2D eigenvalue weighted by molar-refractivity contribution is 0.426. The van der Waals surface area contributed by atoms with E-state index in [-0.39, 0.29) is 0 Å². The van der Waals surface area contributed by atoms with Gasteiger partial charge in [-0.1, -0.05) is 6.42 Å². The molecular weight excluding hydrogens is 136 g/mol. The van der Waals surface area contributed by atoms with Gasteiger partial charge in [-0.05, 0) is 19.8 Å². The number of hydrogen-bond acceptors (Lipinski definition) is 2. The SMILES string of the molecule is CC1CN2CCCCCC2=N1. The van der Waals surface area contributed by atoms with Crippen LogP contribution in [0.25, 0.3) is 0 Å². The fourth-order valence-corrected chi connectivity index (χ4v) is 2.01. The van der Waals surface area contributed by atoms with Gasteiger partial charge in [0, 0.05) is 19.5 Å². The van der Waals surface area contributed by atoms with Gasteiger partial charge in [0.15, 0.2) is 0 Å². The van der Waals surface area contributed by atoms with Crippen molar-refractivity contribution in [3.05, 3.63) is 0 Å². The summed E-state index contributed by atoms with van der Waals surface area (Å²) in [5.74, 6) is 1.38. The van der Waals surface area contributed by atoms with Crippen molar-refractivity contribution in [1.29, 1.82) is 0 Å². The lowest BCUT2D eigenvalue weighted by Gasteiger charge is -2.16. The van der Waals surface area contributed by atoms with Crippen molar-refractivity contribution in [2.45, 2.75) is 38.6 Å². The van der Waals surface area contributed by atoms with Crippen LogP contribution in [-0.4, -0.2) is 29.9 Å². The molecule has 0 aliphatic carbocycles. The molecule has 1 saturated heterocycles. The monoisotopic (exact) mass is 152 g/mol. The van der Waals surface area contributed by atoms with Crippen LogP contribution in [0.5, 0.6) is 0 Å². The van der Waals surface area contributed by atoms with Gasteiger partial charge in [0.25, 0.3) is 0 Å². The third kappa shape index (κ3) is 1.39. The van der Waals surface area contributed by atoms with E-state index in [9.17, 15) is 0 Å². The number of fused-ring (bicyclic) bond motifs is 1. The van der Waals surface area contributed by atoms with Gasteiger partial charge in [-0.15, -0.1) is 0 Å². The topological polar surface area (TPSA) is 15.6 Å². The molecule has 0 aromatic rings. The Bertz CT molecular complexity index is 174. The highest BCUT2D eigenvalue weighted by Crippen LogP contribution is 2.18. The van der Waals surface area contributed by atoms with Gasteiger partial charge in [-0.2, -0.15) is 0 Å². The predicted octanol–water partition coefficient (Wildman–Crippen LogP) is 1.66. The van der Waals surface area contributed by atoms with E-state index in [1.165, 1.54) is 44.6 Å². The van der Waals surface area contributed by atoms with Gasteiger partial charge in [-0.25, -0.2) is 0 Å². The van der Waals surface area contributed by atoms with Crippen molar-refractivity contribution in [3.63, 3.8) is 0 Å². The maximum atomic E-state index is 4.61. The van der Waals surface area contributed by atoms with E-state index in [0.29, 0.717) is 6.04 Å². The third-order valence-electron chi connectivity index (χ3n) is 2.55. The van der Waals surface area contributed by atoms with Gasteiger partial charge in [0.1, 0.15) is 0 Å². The first-order chi connectivity index (χ1) is 5.36. The summed E-state index contributed by atoms with van der Waals surface area (Å²) in [7, 11) is 0. The minimum Gasteiger partial charge on any atom is -0.358 e. The zero-order valence-corrected chi connectivity index (χ0v) is 7.21. The van der Waals surface area contributed by atoms with Crippen molar-refractivity contribution in [2.24, 2.45) is 4.99 Å². The summed E-state index contributed by atoms with van der Waals surface area (Å²) in [6.07, 6.45) is 5.34. The Morgan fingerprint density at radius 3 is 3.18 bits per heavy atom. The van der Waals surface area contributed by atoms with E-state index in [4.69, 9.17) is 0 Å². The average molecular weight is 152 g/mol. The molecule has 0 amide bonds. The van der Waals surface area contributed by atoms with Gasteiger partial charge < -0.3 is 4.90 Å². The molecule has 2 aliphatic rings. The van der Waals surface area contributed by atoms with Crippen molar-refractivity contribution < 1.29 is 0 Å². The van der Waals surface area contributed by atoms with Crippen LogP contribution in [0.1, 0.15) is 32.6 Å². The van der Waals surface area contributed by atoms with E-state index < -0.39 is 0 Å². The van der Waals surface area contributed by atoms with Crippen molar-refractivity contribution in [1.82, 2.24) is 4.90 Å². The summed E-state index contributed by atoms with van der Waals surface area (Å²) < 4.78 is 0. The number of rotatable bonds is 0. The Labute approximate surface area is 68.3 Å². The zero-order chi connectivity index (χ0) is 7.68. The molecule has 0 radical (unpaired) electrons. The summed E-state index contributed by atoms with van der Waals surface area (Å²) in [5, 5.41) is 0. The fourth-order valence-electron chi connectivity index (χ4n) is 2.01. The maximum Gasteiger partial charge on any atom is 0.0993 e. The normalized spacial score (nSPS) is 31.2. The van der Waals surface area contributed by atoms with Crippen LogP contribution in [-0.2, 0) is 0 Å². The maximum absolute atomic E-state index is 4.61. The van der Waals surface area contributed by atoms with Crippen LogP contribution >= 0.6 is 0 Å². The molecule has 62 valence electrons. The van der Waals surface area contributed by atoms with Gasteiger partial charge in [0.2, 0.25) is 0 Å². The Hall–Kier alpha value is -0.530. The molecule has 2 heteroatoms. The molecule has 2 rings (SSSR count). The van der Waals surface area contributed by atoms with Gasteiger partial charge >= 0.3 is 0 Å². The largest absolute Gasteiger partial charge is 0.358 e. The first-order valence-corrected chi connectivity index (χ1v) is 4.68. The Morgan fingerprint density at radius 1 is 1.36 bits per heavy atom. The van der Waals surface area contributed by atoms with Crippen molar-refractivity contribution in [3.8, 4) is 0 Å². The first kappa shape index (κ1) is 7.14. The van der Waals surface area contributed by atoms with Crippen molar-refractivity contribution in [2.75, 3.05) is 13.1 Å². The van der Waals surface area contributed by atoms with Crippen LogP contribution in [0.3, 0.4) is 0 Å². The van der Waals surface area contributed by atoms with E-state index >= 15 is 0 Å². The van der Waals surface area contributed by atoms with Crippen LogP contribution in [0.2, 0.25) is 0 Å². The Morgan fingerprint density at radius 2 is 2.27 bits per heavy atom. The summed E-state index contributed by atoms with van der Waals surface area (Å²) in [6, 6.07) is 0.558. The predicted molar refractivity (Wildman–Crippen MR) is 46.9 cm³/mol. The smallest absolute Gasteiger partial charge is 0.0993 e. The summed E-state index contributed by atoms with van der Waals surface area (Å²) in [5.41, 5.74) is 0. The molecule has 1 fully saturated rings. The van der Waals surface area contributed by atoms with Crippen LogP contribution in [0.15, 0.2) is 4.99 Å². The minimum absolute atomic E-state index is 0.558. The molecule has 0 N–H and O–H groups in total. The lowest BCUT2D eigenvalue weighted by atomic mass is 10.2. The summed E-state index contributed by atoms with van der Waals surface area (Å²) in [4.78, 5) is 7.08. The molecule has 2 nitrogen and oxygen atoms in total. The first-order valence-electron chi connectivity index (χ1n) is 4.68. The standard InChI is InChI=1S/C9H16N2/c1-8-7-11-6-4-2-3-5-9(11)10-8/h8H,2-7H2,1H3. The highest BCUT2D eigenvalue weighted by Gasteiger charge is 2.22. The highest BCUT2D eigenvalue weighted by molar-refractivity contribution is 5.84. The molecule has 0 saturated carbocycles. The molecular formula is C9H16N2. The summed E-state index contributed by atoms with van der Waals surface area (Å²) in [6.45, 7) is 4.64. The van der Waals surface area contributed by atoms with Gasteiger partial charge in [0.05, 0.1) is 11.9 Å². The highest BCUT2D eigenvalue weighted by atomic mass is 15.2. The summed E-state index contributed by atoms with van der Waals surface area (Å²) >= 11 is 0. The van der Waals surface area contributed by atoms with E-state index in [0.717, 1.165) is 0 Å². The Kier molecular flexibility index (Phi) is 1.84. The molecule has 11 heavy (non-hydrogen) atoms. The van der Waals surface area contributed by atoms with E-state index in [2.05, 4.69) is 16.8 Å². The molecule has 1 unspecified atom stereocenters. The second kappa shape index (κ2) is 2.84. The fraction of sp³-hybridized carbons (Fsp3) is 0.889. The molecule has 0 aromatic heterocycles. The number of nitrogens with zero attached hydrogens (tertiary/aromatic N) is 2. The lowest BCUT2D eigenvalue weighted by Crippen LogP contribution is -2.28. The van der Waals surface area contributed by atoms with Gasteiger partial charge in [-0.3, -0.25) is 4.99 Å². The molecule has 0 spiro atoms. The number of aliphatic imine (C=N–C) groups is 1. The number of hydrogen-bond donors (Lipinski definition) is 0. The minimum atomic E-state index is 0.558. The molecule has 1 atom stereocenters. The number of amidine groups is 1. The second-order valence-corrected chi connectivity index (χ2v) is 3.65. The van der Waals surface area contributed by atoms with Crippen molar-refractivity contribution >= 4 is 5.84 Å².